The minimum absolute atomic E-state index is 0.0598. The molecule has 0 aliphatic heterocycles. The minimum Gasteiger partial charge on any atom is -0.496 e. The van der Waals surface area contributed by atoms with E-state index in [-0.39, 0.29) is 5.43 Å². The zero-order valence-corrected chi connectivity index (χ0v) is 14.8. The third-order valence-corrected chi connectivity index (χ3v) is 4.67. The first-order valence-electron chi connectivity index (χ1n) is 8.28. The molecule has 0 bridgehead atoms. The number of aryl methyl sites for hydroxylation is 2. The van der Waals surface area contributed by atoms with E-state index in [9.17, 15) is 4.79 Å². The minimum atomic E-state index is -0.0598. The lowest BCUT2D eigenvalue weighted by atomic mass is 10.0. The van der Waals surface area contributed by atoms with Crippen molar-refractivity contribution in [2.75, 3.05) is 7.11 Å². The largest absolute Gasteiger partial charge is 0.496 e. The van der Waals surface area contributed by atoms with Crippen LogP contribution in [0.3, 0.4) is 0 Å². The molecule has 0 aliphatic carbocycles. The molecule has 0 spiro atoms. The van der Waals surface area contributed by atoms with E-state index >= 15 is 0 Å². The highest BCUT2D eigenvalue weighted by molar-refractivity contribution is 5.88. The Morgan fingerprint density at radius 2 is 1.92 bits per heavy atom. The third-order valence-electron chi connectivity index (χ3n) is 4.67. The molecule has 4 aromatic rings. The highest BCUT2D eigenvalue weighted by Gasteiger charge is 2.14. The van der Waals surface area contributed by atoms with E-state index in [2.05, 4.69) is 35.9 Å². The third kappa shape index (κ3) is 2.67. The van der Waals surface area contributed by atoms with Gasteiger partial charge < -0.3 is 14.1 Å². The molecule has 5 nitrogen and oxygen atoms in total. The summed E-state index contributed by atoms with van der Waals surface area (Å²) in [4.78, 5) is 20.0. The van der Waals surface area contributed by atoms with E-state index in [4.69, 9.17) is 9.15 Å². The van der Waals surface area contributed by atoms with Gasteiger partial charge in [-0.1, -0.05) is 12.1 Å². The first kappa shape index (κ1) is 16.1. The molecule has 5 heteroatoms. The van der Waals surface area contributed by atoms with Crippen LogP contribution in [0.5, 0.6) is 5.75 Å². The number of aromatic nitrogens is 2. The van der Waals surface area contributed by atoms with Crippen molar-refractivity contribution in [3.05, 3.63) is 70.3 Å². The molecular formula is C21H18N2O3. The molecule has 1 N–H and O–H groups in total. The topological polar surface area (TPSA) is 68.1 Å². The van der Waals surface area contributed by atoms with Gasteiger partial charge in [0.05, 0.1) is 24.4 Å². The van der Waals surface area contributed by atoms with Crippen LogP contribution in [0.1, 0.15) is 11.1 Å². The van der Waals surface area contributed by atoms with Crippen molar-refractivity contribution in [2.24, 2.45) is 0 Å². The number of rotatable bonds is 3. The number of pyridine rings is 1. The normalized spacial score (nSPS) is 11.0. The second-order valence-electron chi connectivity index (χ2n) is 6.31. The fourth-order valence-electron chi connectivity index (χ4n) is 3.05. The number of hydrogen-bond acceptors (Lipinski definition) is 4. The van der Waals surface area contributed by atoms with Gasteiger partial charge in [-0.15, -0.1) is 0 Å². The van der Waals surface area contributed by atoms with Crippen LogP contribution in [-0.2, 0) is 0 Å². The van der Waals surface area contributed by atoms with Crippen LogP contribution in [0.4, 0.5) is 0 Å². The zero-order chi connectivity index (χ0) is 18.3. The van der Waals surface area contributed by atoms with Gasteiger partial charge in [0.25, 0.3) is 0 Å². The van der Waals surface area contributed by atoms with E-state index < -0.39 is 0 Å². The highest BCUT2D eigenvalue weighted by atomic mass is 16.5. The van der Waals surface area contributed by atoms with Crippen LogP contribution < -0.4 is 10.2 Å². The van der Waals surface area contributed by atoms with E-state index in [0.29, 0.717) is 28.0 Å². The Labute approximate surface area is 150 Å². The summed E-state index contributed by atoms with van der Waals surface area (Å²) < 4.78 is 10.9. The monoisotopic (exact) mass is 346 g/mol. The number of methoxy groups -OCH3 is 1. The fourth-order valence-corrected chi connectivity index (χ4v) is 3.05. The Bertz CT molecular complexity index is 1160. The molecule has 0 fully saturated rings. The average Bonchev–Trinajstić information content (AvgIpc) is 3.17. The molecule has 130 valence electrons. The van der Waals surface area contributed by atoms with Crippen molar-refractivity contribution in [1.29, 1.82) is 0 Å². The lowest BCUT2D eigenvalue weighted by Gasteiger charge is -2.11. The number of benzene rings is 2. The summed E-state index contributed by atoms with van der Waals surface area (Å²) in [6, 6.07) is 11.4. The summed E-state index contributed by atoms with van der Waals surface area (Å²) in [7, 11) is 1.59. The number of fused-ring (bicyclic) bond motifs is 1. The molecule has 0 aliphatic rings. The van der Waals surface area contributed by atoms with Crippen molar-refractivity contribution in [1.82, 2.24) is 9.97 Å². The van der Waals surface area contributed by atoms with E-state index in [1.165, 1.54) is 17.5 Å². The number of nitrogens with one attached hydrogen (secondary N) is 1. The molecule has 2 aromatic heterocycles. The van der Waals surface area contributed by atoms with Crippen molar-refractivity contribution in [2.45, 2.75) is 13.8 Å². The maximum atomic E-state index is 12.7. The summed E-state index contributed by atoms with van der Waals surface area (Å²) in [6.45, 7) is 4.13. The van der Waals surface area contributed by atoms with E-state index in [1.807, 2.05) is 12.1 Å². The summed E-state index contributed by atoms with van der Waals surface area (Å²) in [5.41, 5.74) is 5.51. The van der Waals surface area contributed by atoms with E-state index in [0.717, 1.165) is 11.3 Å². The molecule has 2 aromatic carbocycles. The number of hydrogen-bond donors (Lipinski definition) is 1. The van der Waals surface area contributed by atoms with Gasteiger partial charge in [-0.25, -0.2) is 4.98 Å². The quantitative estimate of drug-likeness (QED) is 0.594. The molecule has 0 saturated carbocycles. The second kappa shape index (κ2) is 6.19. The molecule has 0 atom stereocenters. The number of ether oxygens (including phenoxy) is 1. The summed E-state index contributed by atoms with van der Waals surface area (Å²) in [5.74, 6) is 1.17. The van der Waals surface area contributed by atoms with Gasteiger partial charge in [-0.3, -0.25) is 4.79 Å². The average molecular weight is 346 g/mol. The molecule has 2 heterocycles. The van der Waals surface area contributed by atoms with Crippen molar-refractivity contribution in [3.8, 4) is 28.3 Å². The first-order valence-corrected chi connectivity index (χ1v) is 8.28. The molecule has 0 saturated heterocycles. The van der Waals surface area contributed by atoms with Crippen LogP contribution in [0.2, 0.25) is 0 Å². The van der Waals surface area contributed by atoms with Gasteiger partial charge >= 0.3 is 0 Å². The van der Waals surface area contributed by atoms with Crippen LogP contribution in [0, 0.1) is 13.8 Å². The van der Waals surface area contributed by atoms with Crippen LogP contribution in [0.25, 0.3) is 33.5 Å². The summed E-state index contributed by atoms with van der Waals surface area (Å²) >= 11 is 0. The van der Waals surface area contributed by atoms with Crippen LogP contribution >= 0.6 is 0 Å². The Balaban J connectivity index is 1.94. The smallest absolute Gasteiger partial charge is 0.190 e. The molecule has 0 radical (unpaired) electrons. The lowest BCUT2D eigenvalue weighted by molar-refractivity contribution is 0.415. The number of oxazole rings is 1. The maximum Gasteiger partial charge on any atom is 0.190 e. The van der Waals surface area contributed by atoms with E-state index in [1.54, 1.807) is 25.4 Å². The Kier molecular flexibility index (Phi) is 3.84. The highest BCUT2D eigenvalue weighted by Crippen LogP contribution is 2.33. The fraction of sp³-hybridized carbons (Fsp3) is 0.143. The van der Waals surface area contributed by atoms with Gasteiger partial charge in [-0.2, -0.15) is 0 Å². The standard InChI is InChI=1S/C21H18N2O3/c1-12-4-5-14(6-13(12)2)17-8-19(24)15-7-16(21-10-22-11-26-21)20(25-3)9-18(15)23-17/h4-11H,1-3H3,(H,23,24). The van der Waals surface area contributed by atoms with Gasteiger partial charge in [0.1, 0.15) is 5.75 Å². The zero-order valence-electron chi connectivity index (χ0n) is 14.8. The second-order valence-corrected chi connectivity index (χ2v) is 6.31. The summed E-state index contributed by atoms with van der Waals surface area (Å²) in [6.07, 6.45) is 2.95. The number of nitrogens with zero attached hydrogens (tertiary/aromatic N) is 1. The number of H-pyrrole nitrogens is 1. The Morgan fingerprint density at radius 3 is 2.62 bits per heavy atom. The number of aromatic amines is 1. The van der Waals surface area contributed by atoms with Crippen molar-refractivity contribution >= 4 is 10.9 Å². The van der Waals surface area contributed by atoms with Gasteiger partial charge in [0.2, 0.25) is 0 Å². The van der Waals surface area contributed by atoms with Crippen molar-refractivity contribution < 1.29 is 9.15 Å². The lowest BCUT2D eigenvalue weighted by Crippen LogP contribution is -2.04. The molecule has 0 amide bonds. The molecule has 26 heavy (non-hydrogen) atoms. The van der Waals surface area contributed by atoms with Crippen LogP contribution in [0.15, 0.2) is 58.2 Å². The van der Waals surface area contributed by atoms with Gasteiger partial charge in [0, 0.05) is 23.2 Å². The van der Waals surface area contributed by atoms with Crippen molar-refractivity contribution in [3.63, 3.8) is 0 Å². The molecule has 0 unspecified atom stereocenters. The van der Waals surface area contributed by atoms with Gasteiger partial charge in [0.15, 0.2) is 17.6 Å². The predicted octanol–water partition coefficient (Wildman–Crippen LogP) is 4.48. The SMILES string of the molecule is COc1cc2[nH]c(-c3ccc(C)c(C)c3)cc(=O)c2cc1-c1cnco1. The first-order chi connectivity index (χ1) is 12.6. The molecular weight excluding hydrogens is 328 g/mol. The van der Waals surface area contributed by atoms with Crippen LogP contribution in [-0.4, -0.2) is 17.1 Å². The maximum absolute atomic E-state index is 12.7. The Morgan fingerprint density at radius 1 is 1.08 bits per heavy atom. The summed E-state index contributed by atoms with van der Waals surface area (Å²) in [5, 5.41) is 0.574. The molecule has 4 rings (SSSR count). The Hall–Kier alpha value is -3.34. The predicted molar refractivity (Wildman–Crippen MR) is 102 cm³/mol. The van der Waals surface area contributed by atoms with Gasteiger partial charge in [-0.05, 0) is 42.7 Å².